The van der Waals surface area contributed by atoms with Gasteiger partial charge in [-0.15, -0.1) is 0 Å². The number of carbonyl (C=O) groups is 3. The summed E-state index contributed by atoms with van der Waals surface area (Å²) in [4.78, 5) is 62.1. The predicted molar refractivity (Wildman–Crippen MR) is 463 cm³/mol. The molecule has 0 amide bonds. The van der Waals surface area contributed by atoms with Gasteiger partial charge in [-0.05, 0) is 194 Å². The maximum absolute atomic E-state index is 16.6. The summed E-state index contributed by atoms with van der Waals surface area (Å²) in [6.45, 7) is 6.20. The number of rotatable bonds is 32. The topological polar surface area (TPSA) is 428 Å². The number of anilines is 2. The average molecular weight is 1970 g/mol. The van der Waals surface area contributed by atoms with Crippen molar-refractivity contribution in [2.75, 3.05) is 50.2 Å². The summed E-state index contributed by atoms with van der Waals surface area (Å²) in [7, 11) is -8.54. The number of esters is 3. The molecule has 4 aromatic carbocycles. The summed E-state index contributed by atoms with van der Waals surface area (Å²) < 4.78 is 199. The molecule has 5 fully saturated rings. The molecule has 6 heterocycles. The number of fused-ring (bicyclic) bond motifs is 2. The Morgan fingerprint density at radius 3 is 1.21 bits per heavy atom. The van der Waals surface area contributed by atoms with Crippen molar-refractivity contribution in [3.05, 3.63) is 134 Å². The SMILES string of the molecule is CCOc1nc(N)nc2c1ncn2[C@@H]1O[C@](F)(COP(=O)(C[C@@H](C)C(=O)OC2CCCC2)Oc2ccccc2)[C@@H](C)[C@@]1(C)F.CCOc1nc(N)nc2c1ncn2[C@@H]1O[C@](F)(COP(=O)(C[C@@H](C)C(=O)OC2CCCC2)Oc2ccccc2)[C@@H](O)[C@@]1(C)F.C[C@H](NP(=O)(Cl)Oc1ccccc1)C(=O)OC1CCCC1.O=P(Cl)(Cl)Cl.O=P(Cl)(Cl)Oc1ccccc1. The van der Waals surface area contributed by atoms with Crippen LogP contribution in [0.15, 0.2) is 134 Å². The Balaban J connectivity index is 0.000000203. The van der Waals surface area contributed by atoms with Gasteiger partial charge in [0.05, 0.1) is 55.9 Å². The molecule has 48 heteroatoms. The lowest BCUT2D eigenvalue weighted by Crippen LogP contribution is -2.46. The molecule has 125 heavy (non-hydrogen) atoms. The first-order valence-corrected chi connectivity index (χ1v) is 53.5. The first-order chi connectivity index (χ1) is 58.7. The molecular weight excluding hydrogens is 1870 g/mol. The number of para-hydroxylation sites is 4. The Morgan fingerprint density at radius 2 is 0.848 bits per heavy atom. The number of nitrogens with zero attached hydrogens (tertiary/aromatic N) is 8. The summed E-state index contributed by atoms with van der Waals surface area (Å²) in [5, 5.41) is 10.1. The summed E-state index contributed by atoms with van der Waals surface area (Å²) in [5.74, 6) is -9.97. The highest BCUT2D eigenvalue weighted by Gasteiger charge is 2.66. The second kappa shape index (κ2) is 44.7. The van der Waals surface area contributed by atoms with E-state index in [1.54, 1.807) is 137 Å². The van der Waals surface area contributed by atoms with Crippen molar-refractivity contribution in [3.63, 3.8) is 0 Å². The fraction of sp³-hybridized carbons (Fsp3) is 0.519. The van der Waals surface area contributed by atoms with E-state index in [4.69, 9.17) is 101 Å². The van der Waals surface area contributed by atoms with Crippen molar-refractivity contribution >= 4 is 153 Å². The monoisotopic (exact) mass is 1970 g/mol. The molecule has 2 aliphatic heterocycles. The molecule has 3 saturated carbocycles. The van der Waals surface area contributed by atoms with Crippen LogP contribution >= 0.6 is 101 Å². The van der Waals surface area contributed by atoms with Gasteiger partial charge in [0.15, 0.2) is 52.2 Å². The van der Waals surface area contributed by atoms with Gasteiger partial charge in [0.25, 0.3) is 5.85 Å². The highest BCUT2D eigenvalue weighted by molar-refractivity contribution is 8.24. The van der Waals surface area contributed by atoms with E-state index in [-0.39, 0.29) is 89.0 Å². The van der Waals surface area contributed by atoms with E-state index < -0.39 is 142 Å². The Bertz CT molecular complexity index is 4910. The van der Waals surface area contributed by atoms with Crippen molar-refractivity contribution in [2.45, 2.75) is 198 Å². The van der Waals surface area contributed by atoms with Crippen LogP contribution in [-0.4, -0.2) is 154 Å². The third-order valence-electron chi connectivity index (χ3n) is 20.0. The van der Waals surface area contributed by atoms with Gasteiger partial charge in [-0.3, -0.25) is 37.1 Å². The largest absolute Gasteiger partial charge is 0.476 e. The van der Waals surface area contributed by atoms with Crippen molar-refractivity contribution in [3.8, 4) is 34.8 Å². The molecule has 2 saturated heterocycles. The highest BCUT2D eigenvalue weighted by atomic mass is 36.0. The third-order valence-corrected chi connectivity index (χ3v) is 26.5. The Morgan fingerprint density at radius 1 is 0.520 bits per heavy atom. The van der Waals surface area contributed by atoms with Crippen LogP contribution in [0.5, 0.6) is 34.8 Å². The fourth-order valence-corrected chi connectivity index (χ4v) is 19.9. The Hall–Kier alpha value is -6.84. The van der Waals surface area contributed by atoms with E-state index in [0.717, 1.165) is 94.9 Å². The molecule has 0 spiro atoms. The zero-order valence-electron chi connectivity index (χ0n) is 69.0. The van der Waals surface area contributed by atoms with E-state index in [1.807, 2.05) is 0 Å². The van der Waals surface area contributed by atoms with Crippen LogP contribution in [-0.2, 0) is 69.9 Å². The number of nitrogen functional groups attached to an aromatic ring is 2. The lowest BCUT2D eigenvalue weighted by Gasteiger charge is -2.29. The number of aromatic nitrogens is 8. The lowest BCUT2D eigenvalue weighted by atomic mass is 9.88. The molecule has 14 atom stereocenters. The molecule has 0 bridgehead atoms. The minimum atomic E-state index is -4.33. The fourth-order valence-electron chi connectivity index (χ4n) is 13.6. The highest BCUT2D eigenvalue weighted by Crippen LogP contribution is 2.62. The van der Waals surface area contributed by atoms with Gasteiger partial charge in [-0.25, -0.2) is 50.9 Å². The molecular formula is C77H98Cl6F4N11O22P5. The number of nitrogens with one attached hydrogen (secondary N) is 1. The van der Waals surface area contributed by atoms with Crippen LogP contribution in [0.25, 0.3) is 22.3 Å². The van der Waals surface area contributed by atoms with E-state index in [9.17, 15) is 42.3 Å². The predicted octanol–water partition coefficient (Wildman–Crippen LogP) is 20.6. The first kappa shape index (κ1) is 102. The van der Waals surface area contributed by atoms with Crippen LogP contribution < -0.4 is 44.1 Å². The van der Waals surface area contributed by atoms with Gasteiger partial charge >= 0.3 is 51.2 Å². The molecule has 6 N–H and O–H groups in total. The smallest absolute Gasteiger partial charge is 0.428 e. The Kier molecular flexibility index (Phi) is 36.4. The number of aliphatic hydroxyl groups is 1. The molecule has 688 valence electrons. The summed E-state index contributed by atoms with van der Waals surface area (Å²) in [6.07, 6.45) is 2.61. The molecule has 5 aliphatic rings. The second-order valence-corrected chi connectivity index (χ2v) is 47.6. The number of hydrogen-bond acceptors (Lipinski definition) is 30. The quantitative estimate of drug-likeness (QED) is 0.0132. The second-order valence-electron chi connectivity index (χ2n) is 30.0. The molecule has 3 unspecified atom stereocenters. The van der Waals surface area contributed by atoms with Crippen LogP contribution in [0.1, 0.15) is 145 Å². The van der Waals surface area contributed by atoms with Crippen LogP contribution in [0.4, 0.5) is 29.5 Å². The van der Waals surface area contributed by atoms with E-state index >= 15 is 17.6 Å². The van der Waals surface area contributed by atoms with Gasteiger partial charge in [0, 0.05) is 33.7 Å². The van der Waals surface area contributed by atoms with Crippen LogP contribution in [0.2, 0.25) is 0 Å². The molecule has 3 aliphatic carbocycles. The number of nitrogens with two attached hydrogens (primary N) is 2. The van der Waals surface area contributed by atoms with Gasteiger partial charge in [0.1, 0.15) is 60.6 Å². The number of ether oxygens (including phenoxy) is 7. The summed E-state index contributed by atoms with van der Waals surface area (Å²) in [6, 6.07) is 32.4. The van der Waals surface area contributed by atoms with Crippen LogP contribution in [0, 0.1) is 17.8 Å². The number of carbonyl (C=O) groups excluding carboxylic acids is 3. The van der Waals surface area contributed by atoms with Crippen molar-refractivity contribution in [1.29, 1.82) is 0 Å². The molecule has 0 radical (unpaired) electrons. The van der Waals surface area contributed by atoms with E-state index in [2.05, 4.69) is 73.2 Å². The number of hydrogen-bond donors (Lipinski definition) is 4. The molecule has 8 aromatic rings. The average Bonchev–Trinajstić information content (AvgIpc) is 1.58. The van der Waals surface area contributed by atoms with Gasteiger partial charge in [0.2, 0.25) is 29.5 Å². The number of halogens is 10. The molecule has 4 aromatic heterocycles. The Labute approximate surface area is 747 Å². The molecule has 13 rings (SSSR count). The summed E-state index contributed by atoms with van der Waals surface area (Å²) in [5.41, 5.74) is 6.92. The third kappa shape index (κ3) is 29.6. The number of imidazole rings is 2. The van der Waals surface area contributed by atoms with Crippen LogP contribution in [0.3, 0.4) is 0 Å². The summed E-state index contributed by atoms with van der Waals surface area (Å²) >= 11 is 30.0. The number of alkyl halides is 4. The normalized spacial score (nSPS) is 24.2. The lowest BCUT2D eigenvalue weighted by molar-refractivity contribution is -0.202. The van der Waals surface area contributed by atoms with Gasteiger partial charge in [-0.1, -0.05) is 93.6 Å². The number of benzene rings is 4. The minimum absolute atomic E-state index is 0.0279. The zero-order chi connectivity index (χ0) is 91.5. The molecule has 33 nitrogen and oxygen atoms in total. The van der Waals surface area contributed by atoms with Gasteiger partial charge < -0.3 is 67.8 Å². The van der Waals surface area contributed by atoms with Crippen molar-refractivity contribution in [2.24, 2.45) is 17.8 Å². The van der Waals surface area contributed by atoms with E-state index in [1.165, 1.54) is 43.8 Å². The van der Waals surface area contributed by atoms with Crippen molar-refractivity contribution in [1.82, 2.24) is 44.1 Å². The maximum atomic E-state index is 16.6. The number of aliphatic hydroxyl groups excluding tert-OH is 1. The standard InChI is InChI=1S/C29H38F2N5O7P.C28H36F2N5O8P.C14H19ClNO4P.C6H5Cl2O2P.Cl3OP/c1-5-39-24-22-23(34-27(32)35-24)36(17-33-22)26-28(4,30)19(3)29(31,42-26)16-40-44(38,43-21-13-7-6-8-14-21)15-18(2)25(37)41-20-11-9-10-12-20;1-4-39-22-20-21(33-26(31)34-22)35(16-32-20)25-27(3,29)24(37)28(30,42-25)15-40-44(38,43-19-12-6-5-7-13-19)14-17(2)23(36)41-18-10-8-9-11-18;1-11(14(17)19-12-7-5-6-8-12)16-21(15,18)20-13-9-3-2-4-10-13;7-11(8,9)10-6-4-2-1-3-5-6;1-5(2,3)4/h6-8,13-14,17-20,26H,5,9-12,15-16H2,1-4H3,(H2,32,34,35);5-7,12-13,16-18,24-25,37H,4,8-11,14-15H2,1-3H3,(H2,31,33,34);2-4,9-12H,5-8H2,1H3,(H,16,18);1-5H;/t18-,19+,26-,28-,29-,44?;17-,24+,25-,27-,28-,44?;11-,21?;;/m110../s1. The zero-order valence-corrected chi connectivity index (χ0v) is 78.0. The van der Waals surface area contributed by atoms with Crippen molar-refractivity contribution < 1.29 is 120 Å². The minimum Gasteiger partial charge on any atom is -0.476 e. The van der Waals surface area contributed by atoms with E-state index in [0.29, 0.717) is 11.5 Å². The first-order valence-electron chi connectivity index (χ1n) is 39.6. The van der Waals surface area contributed by atoms with Gasteiger partial charge in [-0.2, -0.15) is 19.9 Å². The maximum Gasteiger partial charge on any atom is 0.428 e.